The summed E-state index contributed by atoms with van der Waals surface area (Å²) in [5.74, 6) is -0.261. The van der Waals surface area contributed by atoms with Gasteiger partial charge in [-0.15, -0.1) is 0 Å². The van der Waals surface area contributed by atoms with Crippen LogP contribution in [0.3, 0.4) is 0 Å². The van der Waals surface area contributed by atoms with Crippen LogP contribution in [0.5, 0.6) is 0 Å². The normalized spacial score (nSPS) is 16.8. The van der Waals surface area contributed by atoms with Crippen LogP contribution < -0.4 is 4.90 Å². The van der Waals surface area contributed by atoms with E-state index in [-0.39, 0.29) is 11.1 Å². The van der Waals surface area contributed by atoms with E-state index in [1.165, 1.54) is 4.90 Å². The van der Waals surface area contributed by atoms with Crippen molar-refractivity contribution in [2.45, 2.75) is 6.92 Å². The topological polar surface area (TPSA) is 37.4 Å². The minimum absolute atomic E-state index is 0.253. The second kappa shape index (κ2) is 5.58. The largest absolute Gasteiger partial charge is 0.298 e. The van der Waals surface area contributed by atoms with Gasteiger partial charge in [-0.25, -0.2) is 4.90 Å². The number of para-hydroxylation sites is 1. The maximum absolute atomic E-state index is 12.5. The second-order valence-electron chi connectivity index (χ2n) is 4.71. The zero-order valence-electron chi connectivity index (χ0n) is 11.4. The van der Waals surface area contributed by atoms with E-state index in [1.54, 1.807) is 12.1 Å². The first-order chi connectivity index (χ1) is 10.2. The number of imide groups is 1. The van der Waals surface area contributed by atoms with Gasteiger partial charge in [-0.2, -0.15) is 0 Å². The molecule has 1 aliphatic rings. The molecule has 1 saturated heterocycles. The average molecular weight is 295 g/mol. The minimum atomic E-state index is -0.261. The van der Waals surface area contributed by atoms with Gasteiger partial charge in [0.1, 0.15) is 0 Å². The number of carbonyl (C=O) groups excluding carboxylic acids is 2. The van der Waals surface area contributed by atoms with Gasteiger partial charge >= 0.3 is 0 Å². The van der Waals surface area contributed by atoms with Gasteiger partial charge < -0.3 is 0 Å². The third-order valence-corrected chi connectivity index (χ3v) is 4.12. The highest BCUT2D eigenvalue weighted by Gasteiger charge is 2.36. The van der Waals surface area contributed by atoms with Crippen molar-refractivity contribution in [3.63, 3.8) is 0 Å². The Morgan fingerprint density at radius 1 is 0.952 bits per heavy atom. The van der Waals surface area contributed by atoms with Crippen LogP contribution >= 0.6 is 11.8 Å². The molecular weight excluding hydrogens is 282 g/mol. The van der Waals surface area contributed by atoms with Crippen molar-refractivity contribution in [3.8, 4) is 0 Å². The van der Waals surface area contributed by atoms with Crippen LogP contribution in [0, 0.1) is 6.92 Å². The summed E-state index contributed by atoms with van der Waals surface area (Å²) in [6.45, 7) is 1.89. The zero-order chi connectivity index (χ0) is 14.8. The molecule has 2 amide bonds. The summed E-state index contributed by atoms with van der Waals surface area (Å²) in [4.78, 5) is 26.4. The van der Waals surface area contributed by atoms with Crippen molar-refractivity contribution in [3.05, 3.63) is 70.6 Å². The molecule has 0 aromatic heterocycles. The van der Waals surface area contributed by atoms with Crippen molar-refractivity contribution in [2.24, 2.45) is 0 Å². The van der Waals surface area contributed by atoms with E-state index in [2.05, 4.69) is 0 Å². The lowest BCUT2D eigenvalue weighted by atomic mass is 10.1. The zero-order valence-corrected chi connectivity index (χ0v) is 12.3. The van der Waals surface area contributed by atoms with E-state index in [4.69, 9.17) is 0 Å². The van der Waals surface area contributed by atoms with Gasteiger partial charge in [-0.05, 0) is 42.0 Å². The molecule has 1 aliphatic heterocycles. The Bertz CT molecular complexity index is 737. The Kier molecular flexibility index (Phi) is 3.62. The van der Waals surface area contributed by atoms with Crippen molar-refractivity contribution in [1.82, 2.24) is 0 Å². The summed E-state index contributed by atoms with van der Waals surface area (Å²) in [6, 6.07) is 16.9. The second-order valence-corrected chi connectivity index (χ2v) is 5.71. The number of hydrogen-bond donors (Lipinski definition) is 0. The van der Waals surface area contributed by atoms with Gasteiger partial charge in [-0.3, -0.25) is 9.59 Å². The van der Waals surface area contributed by atoms with Gasteiger partial charge in [0, 0.05) is 0 Å². The summed E-state index contributed by atoms with van der Waals surface area (Å²) >= 11 is 0.979. The van der Waals surface area contributed by atoms with Crippen LogP contribution in [-0.2, 0) is 4.79 Å². The highest BCUT2D eigenvalue weighted by Crippen LogP contribution is 2.36. The minimum Gasteiger partial charge on any atom is -0.268 e. The van der Waals surface area contributed by atoms with E-state index in [0.29, 0.717) is 10.6 Å². The molecule has 4 heteroatoms. The predicted octanol–water partition coefficient (Wildman–Crippen LogP) is 4.24. The summed E-state index contributed by atoms with van der Waals surface area (Å²) in [7, 11) is 0. The van der Waals surface area contributed by atoms with Crippen LogP contribution in [0.15, 0.2) is 59.5 Å². The quantitative estimate of drug-likeness (QED) is 0.778. The van der Waals surface area contributed by atoms with Crippen molar-refractivity contribution in [2.75, 3.05) is 4.90 Å². The first-order valence-electron chi connectivity index (χ1n) is 6.55. The molecule has 3 rings (SSSR count). The van der Waals surface area contributed by atoms with Crippen LogP contribution in [0.1, 0.15) is 11.1 Å². The maximum Gasteiger partial charge on any atom is 0.298 e. The number of benzene rings is 2. The van der Waals surface area contributed by atoms with E-state index in [1.807, 2.05) is 55.5 Å². The average Bonchev–Trinajstić information content (AvgIpc) is 2.76. The van der Waals surface area contributed by atoms with E-state index < -0.39 is 0 Å². The van der Waals surface area contributed by atoms with Gasteiger partial charge in [0.15, 0.2) is 0 Å². The Labute approximate surface area is 127 Å². The van der Waals surface area contributed by atoms with Crippen LogP contribution in [-0.4, -0.2) is 11.1 Å². The first-order valence-corrected chi connectivity index (χ1v) is 7.37. The lowest BCUT2D eigenvalue weighted by Gasteiger charge is -2.14. The summed E-state index contributed by atoms with van der Waals surface area (Å²) in [6.07, 6.45) is 1.75. The monoisotopic (exact) mass is 295 g/mol. The number of hydrogen-bond acceptors (Lipinski definition) is 3. The fourth-order valence-corrected chi connectivity index (χ4v) is 3.02. The summed E-state index contributed by atoms with van der Waals surface area (Å²) in [5.41, 5.74) is 2.46. The number of nitrogens with zero attached hydrogens (tertiary/aromatic N) is 1. The molecule has 21 heavy (non-hydrogen) atoms. The SMILES string of the molecule is Cc1ccccc1N1C(=O)S/C(=C\c2ccccc2)C1=O. The molecule has 3 nitrogen and oxygen atoms in total. The Morgan fingerprint density at radius 3 is 2.33 bits per heavy atom. The Balaban J connectivity index is 1.97. The van der Waals surface area contributed by atoms with E-state index in [0.717, 1.165) is 22.9 Å². The summed E-state index contributed by atoms with van der Waals surface area (Å²) in [5, 5.41) is -0.253. The van der Waals surface area contributed by atoms with Crippen molar-refractivity contribution >= 4 is 34.7 Å². The number of amides is 2. The lowest BCUT2D eigenvalue weighted by molar-refractivity contribution is -0.113. The van der Waals surface area contributed by atoms with E-state index >= 15 is 0 Å². The van der Waals surface area contributed by atoms with Gasteiger partial charge in [0.25, 0.3) is 11.1 Å². The summed E-state index contributed by atoms with van der Waals surface area (Å²) < 4.78 is 0. The molecule has 0 unspecified atom stereocenters. The smallest absolute Gasteiger partial charge is 0.268 e. The third-order valence-electron chi connectivity index (χ3n) is 3.25. The molecule has 1 fully saturated rings. The molecule has 0 aliphatic carbocycles. The first kappa shape index (κ1) is 13.6. The number of carbonyl (C=O) groups is 2. The molecule has 2 aromatic carbocycles. The fourth-order valence-electron chi connectivity index (χ4n) is 2.19. The molecule has 104 valence electrons. The molecule has 0 N–H and O–H groups in total. The molecule has 0 bridgehead atoms. The highest BCUT2D eigenvalue weighted by molar-refractivity contribution is 8.19. The van der Waals surface area contributed by atoms with Gasteiger partial charge in [-0.1, -0.05) is 48.5 Å². The number of aryl methyl sites for hydroxylation is 1. The number of rotatable bonds is 2. The maximum atomic E-state index is 12.5. The fraction of sp³-hybridized carbons (Fsp3) is 0.0588. The third kappa shape index (κ3) is 2.62. The van der Waals surface area contributed by atoms with Crippen LogP contribution in [0.2, 0.25) is 0 Å². The molecule has 1 heterocycles. The van der Waals surface area contributed by atoms with Crippen LogP contribution in [0.25, 0.3) is 6.08 Å². The standard InChI is InChI=1S/C17H13NO2S/c1-12-7-5-6-10-14(12)18-16(19)15(21-17(18)20)11-13-8-3-2-4-9-13/h2-11H,1H3/b15-11-. The molecule has 0 saturated carbocycles. The molecular formula is C17H13NO2S. The van der Waals surface area contributed by atoms with Crippen LogP contribution in [0.4, 0.5) is 10.5 Å². The predicted molar refractivity (Wildman–Crippen MR) is 86.1 cm³/mol. The Hall–Kier alpha value is -2.33. The van der Waals surface area contributed by atoms with Gasteiger partial charge in [0.05, 0.1) is 10.6 Å². The Morgan fingerprint density at radius 2 is 1.62 bits per heavy atom. The lowest BCUT2D eigenvalue weighted by Crippen LogP contribution is -2.28. The molecule has 0 atom stereocenters. The molecule has 0 radical (unpaired) electrons. The molecule has 2 aromatic rings. The van der Waals surface area contributed by atoms with E-state index in [9.17, 15) is 9.59 Å². The molecule has 0 spiro atoms. The van der Waals surface area contributed by atoms with Crippen molar-refractivity contribution < 1.29 is 9.59 Å². The number of thioether (sulfide) groups is 1. The van der Waals surface area contributed by atoms with Gasteiger partial charge in [0.2, 0.25) is 0 Å². The number of anilines is 1. The van der Waals surface area contributed by atoms with Crippen molar-refractivity contribution in [1.29, 1.82) is 0 Å². The highest BCUT2D eigenvalue weighted by atomic mass is 32.2.